The van der Waals surface area contributed by atoms with Crippen molar-refractivity contribution in [2.24, 2.45) is 0 Å². The predicted octanol–water partition coefficient (Wildman–Crippen LogP) is 1.87. The van der Waals surface area contributed by atoms with Gasteiger partial charge >= 0.3 is 0 Å². The average molecular weight is 262 g/mol. The third-order valence-corrected chi connectivity index (χ3v) is 3.79. The first-order valence-electron chi connectivity index (χ1n) is 4.93. The van der Waals surface area contributed by atoms with Crippen LogP contribution in [-0.4, -0.2) is 31.2 Å². The Morgan fingerprint density at radius 3 is 1.88 bits per heavy atom. The van der Waals surface area contributed by atoms with Gasteiger partial charge in [-0.1, -0.05) is 25.1 Å². The summed E-state index contributed by atoms with van der Waals surface area (Å²) in [5.41, 5.74) is 0. The van der Waals surface area contributed by atoms with Crippen LogP contribution in [0.3, 0.4) is 0 Å². The van der Waals surface area contributed by atoms with Gasteiger partial charge in [0.05, 0.1) is 10.1 Å². The summed E-state index contributed by atoms with van der Waals surface area (Å²) >= 11 is 0. The van der Waals surface area contributed by atoms with Gasteiger partial charge in [-0.3, -0.25) is 0 Å². The van der Waals surface area contributed by atoms with Gasteiger partial charge in [0, 0.05) is 16.6 Å². The molecule has 3 nitrogen and oxygen atoms in total. The maximum absolute atomic E-state index is 9.68. The summed E-state index contributed by atoms with van der Waals surface area (Å²) < 4.78 is 29.0. The van der Waals surface area contributed by atoms with Crippen molar-refractivity contribution >= 4 is 21.0 Å². The molecular formula is C11H18O3S2. The molecule has 92 valence electrons. The summed E-state index contributed by atoms with van der Waals surface area (Å²) in [6.45, 7) is 1.65. The lowest BCUT2D eigenvalue weighted by atomic mass is 10.4. The van der Waals surface area contributed by atoms with Gasteiger partial charge in [0.15, 0.2) is 4.90 Å². The Balaban J connectivity index is 0.000000293. The Kier molecular flexibility index (Phi) is 7.45. The monoisotopic (exact) mass is 262 g/mol. The van der Waals surface area contributed by atoms with Crippen LogP contribution >= 0.6 is 0 Å². The molecule has 0 unspecified atom stereocenters. The van der Waals surface area contributed by atoms with Crippen LogP contribution in [0.25, 0.3) is 0 Å². The number of rotatable bonds is 3. The second-order valence-corrected chi connectivity index (χ2v) is 7.02. The molecule has 0 aliphatic heterocycles. The van der Waals surface area contributed by atoms with E-state index in [4.69, 9.17) is 0 Å². The maximum Gasteiger partial charge on any atom is 0.154 e. The molecule has 0 atom stereocenters. The summed E-state index contributed by atoms with van der Waals surface area (Å²) in [4.78, 5) is 1.44. The smallest absolute Gasteiger partial charge is 0.154 e. The summed E-state index contributed by atoms with van der Waals surface area (Å²) in [5.74, 6) is -0.243. The fraction of sp³-hybridized carbons (Fsp3) is 0.455. The van der Waals surface area contributed by atoms with Crippen LogP contribution < -0.4 is 0 Å². The number of hydrogen-bond acceptors (Lipinski definition) is 3. The van der Waals surface area contributed by atoms with E-state index >= 15 is 0 Å². The highest BCUT2D eigenvalue weighted by Crippen LogP contribution is 2.05. The highest BCUT2D eigenvalue weighted by molar-refractivity contribution is 7.95. The van der Waals surface area contributed by atoms with E-state index < -0.39 is 10.1 Å². The van der Waals surface area contributed by atoms with E-state index in [9.17, 15) is 13.0 Å². The molecule has 0 N–H and O–H groups in total. The van der Waals surface area contributed by atoms with E-state index in [1.165, 1.54) is 4.90 Å². The minimum absolute atomic E-state index is 0.243. The van der Waals surface area contributed by atoms with Crippen LogP contribution in [0.1, 0.15) is 13.3 Å². The highest BCUT2D eigenvalue weighted by Gasteiger charge is 2.03. The van der Waals surface area contributed by atoms with Gasteiger partial charge in [-0.25, -0.2) is 8.42 Å². The molecule has 1 aromatic carbocycles. The molecule has 0 fully saturated rings. The van der Waals surface area contributed by atoms with Crippen LogP contribution in [0.4, 0.5) is 0 Å². The normalized spacial score (nSPS) is 10.8. The molecule has 0 aromatic heterocycles. The summed E-state index contributed by atoms with van der Waals surface area (Å²) in [7, 11) is -3.50. The van der Waals surface area contributed by atoms with Crippen molar-refractivity contribution in [3.8, 4) is 0 Å². The first kappa shape index (κ1) is 15.5. The van der Waals surface area contributed by atoms with E-state index in [2.05, 4.69) is 42.8 Å². The van der Waals surface area contributed by atoms with E-state index in [1.807, 2.05) is 0 Å². The van der Waals surface area contributed by atoms with Crippen molar-refractivity contribution in [1.29, 1.82) is 0 Å². The first-order valence-corrected chi connectivity index (χ1v) is 8.55. The Morgan fingerprint density at radius 2 is 1.69 bits per heavy atom. The Bertz CT molecular complexity index is 371. The molecule has 0 heterocycles. The zero-order chi connectivity index (χ0) is 12.6. The maximum atomic E-state index is 9.68. The van der Waals surface area contributed by atoms with E-state index in [0.717, 1.165) is 0 Å². The zero-order valence-corrected chi connectivity index (χ0v) is 11.5. The summed E-state index contributed by atoms with van der Waals surface area (Å²) in [6, 6.07) is 10.6. The van der Waals surface area contributed by atoms with E-state index in [1.54, 1.807) is 6.92 Å². The van der Waals surface area contributed by atoms with Gasteiger partial charge in [-0.15, -0.1) is 0 Å². The van der Waals surface area contributed by atoms with Crippen molar-refractivity contribution < 1.29 is 13.0 Å². The molecule has 0 spiro atoms. The quantitative estimate of drug-likeness (QED) is 0.617. The molecule has 1 aromatic rings. The third-order valence-electron chi connectivity index (χ3n) is 1.67. The highest BCUT2D eigenvalue weighted by atomic mass is 32.2. The fourth-order valence-electron chi connectivity index (χ4n) is 0.943. The summed E-state index contributed by atoms with van der Waals surface area (Å²) in [5, 5.41) is 0. The van der Waals surface area contributed by atoms with Gasteiger partial charge in [-0.2, -0.15) is 0 Å². The first-order chi connectivity index (χ1) is 7.37. The van der Waals surface area contributed by atoms with E-state index in [0.29, 0.717) is 17.3 Å². The second-order valence-electron chi connectivity index (χ2n) is 3.39. The standard InChI is InChI=1S/C8H11S.C3H8O3S/c1-9(2)8-6-4-3-5-7-8;1-2-3-7(4,5)6/h3-7H,1-2H3;2-3H2,1H3,(H,4,5,6)/q+1;/p-1. The molecule has 0 aliphatic rings. The van der Waals surface area contributed by atoms with Gasteiger partial charge in [0.25, 0.3) is 0 Å². The Labute approximate surface area is 101 Å². The lowest BCUT2D eigenvalue weighted by Gasteiger charge is -2.00. The predicted molar refractivity (Wildman–Crippen MR) is 68.8 cm³/mol. The molecule has 0 saturated heterocycles. The molecular weight excluding hydrogens is 244 g/mol. The molecule has 0 radical (unpaired) electrons. The van der Waals surface area contributed by atoms with Crippen LogP contribution in [0.5, 0.6) is 0 Å². The Hall–Kier alpha value is -0.520. The second kappa shape index (κ2) is 7.70. The van der Waals surface area contributed by atoms with Crippen molar-refractivity contribution in [3.05, 3.63) is 30.3 Å². The van der Waals surface area contributed by atoms with Gasteiger partial charge < -0.3 is 4.55 Å². The van der Waals surface area contributed by atoms with Crippen LogP contribution in [0.15, 0.2) is 35.2 Å². The zero-order valence-electron chi connectivity index (χ0n) is 9.84. The van der Waals surface area contributed by atoms with Crippen LogP contribution in [0.2, 0.25) is 0 Å². The lowest BCUT2D eigenvalue weighted by molar-refractivity contribution is 0.462. The molecule has 5 heteroatoms. The molecule has 1 rings (SSSR count). The molecule has 16 heavy (non-hydrogen) atoms. The third kappa shape index (κ3) is 8.76. The van der Waals surface area contributed by atoms with Crippen molar-refractivity contribution in [2.45, 2.75) is 18.2 Å². The molecule has 0 aliphatic carbocycles. The van der Waals surface area contributed by atoms with Crippen molar-refractivity contribution in [1.82, 2.24) is 0 Å². The largest absolute Gasteiger partial charge is 0.748 e. The van der Waals surface area contributed by atoms with Crippen LogP contribution in [-0.2, 0) is 21.0 Å². The van der Waals surface area contributed by atoms with Crippen LogP contribution in [0, 0.1) is 0 Å². The SMILES string of the molecule is CCCS(=O)(=O)[O-].C[S+](C)c1ccccc1. The van der Waals surface area contributed by atoms with E-state index in [-0.39, 0.29) is 5.75 Å². The number of benzene rings is 1. The fourth-order valence-corrected chi connectivity index (χ4v) is 2.14. The average Bonchev–Trinajstić information content (AvgIpc) is 2.18. The van der Waals surface area contributed by atoms with Crippen molar-refractivity contribution in [2.75, 3.05) is 18.3 Å². The minimum atomic E-state index is -3.92. The Morgan fingerprint density at radius 1 is 1.19 bits per heavy atom. The van der Waals surface area contributed by atoms with Gasteiger partial charge in [-0.05, 0) is 18.6 Å². The van der Waals surface area contributed by atoms with Gasteiger partial charge in [0.2, 0.25) is 0 Å². The lowest BCUT2D eigenvalue weighted by Crippen LogP contribution is -2.01. The topological polar surface area (TPSA) is 57.2 Å². The van der Waals surface area contributed by atoms with Gasteiger partial charge in [0.1, 0.15) is 12.5 Å². The van der Waals surface area contributed by atoms with Crippen molar-refractivity contribution in [3.63, 3.8) is 0 Å². The summed E-state index contributed by atoms with van der Waals surface area (Å²) in [6.07, 6.45) is 4.87. The molecule has 0 bridgehead atoms. The molecule has 0 saturated carbocycles. The minimum Gasteiger partial charge on any atom is -0.748 e. The molecule has 0 amide bonds. The number of hydrogen-bond donors (Lipinski definition) is 0.